The van der Waals surface area contributed by atoms with Gasteiger partial charge < -0.3 is 14.2 Å². The predicted molar refractivity (Wildman–Crippen MR) is 103 cm³/mol. The zero-order valence-corrected chi connectivity index (χ0v) is 16.6. The molecule has 1 aliphatic heterocycles. The van der Waals surface area contributed by atoms with Crippen molar-refractivity contribution < 1.29 is 9.21 Å². The Balaban J connectivity index is 1.65. The molecule has 1 aliphatic rings. The SMILES string of the molecule is O=C(c1ccco1)N1CCN(c2cnn(CCCCBr)c(=O)c2Cl)CC1. The van der Waals surface area contributed by atoms with E-state index in [0.717, 1.165) is 18.2 Å². The van der Waals surface area contributed by atoms with Gasteiger partial charge in [-0.15, -0.1) is 0 Å². The van der Waals surface area contributed by atoms with Gasteiger partial charge in [0.1, 0.15) is 5.02 Å². The Morgan fingerprint density at radius 1 is 1.27 bits per heavy atom. The highest BCUT2D eigenvalue weighted by molar-refractivity contribution is 9.09. The van der Waals surface area contributed by atoms with Crippen LogP contribution in [-0.2, 0) is 6.54 Å². The van der Waals surface area contributed by atoms with Crippen LogP contribution in [0.25, 0.3) is 0 Å². The van der Waals surface area contributed by atoms with Crippen molar-refractivity contribution in [1.82, 2.24) is 14.7 Å². The lowest BCUT2D eigenvalue weighted by atomic mass is 10.2. The van der Waals surface area contributed by atoms with Gasteiger partial charge >= 0.3 is 0 Å². The molecule has 2 aromatic heterocycles. The Kier molecular flexibility index (Phi) is 6.37. The monoisotopic (exact) mass is 442 g/mol. The van der Waals surface area contributed by atoms with Crippen molar-refractivity contribution in [3.05, 3.63) is 45.7 Å². The maximum atomic E-state index is 12.4. The number of amides is 1. The minimum absolute atomic E-state index is 0.124. The van der Waals surface area contributed by atoms with E-state index in [0.29, 0.717) is 44.2 Å². The molecule has 1 amide bonds. The van der Waals surface area contributed by atoms with Crippen LogP contribution >= 0.6 is 27.5 Å². The molecule has 0 N–H and O–H groups in total. The number of aromatic nitrogens is 2. The Morgan fingerprint density at radius 2 is 2.04 bits per heavy atom. The number of rotatable bonds is 6. The molecule has 0 saturated carbocycles. The largest absolute Gasteiger partial charge is 0.459 e. The Bertz CT molecular complexity index is 801. The van der Waals surface area contributed by atoms with Crippen LogP contribution in [0.2, 0.25) is 5.02 Å². The van der Waals surface area contributed by atoms with Gasteiger partial charge in [-0.1, -0.05) is 27.5 Å². The standard InChI is InChI=1S/C17H20BrClN4O3/c18-5-1-2-6-23-17(25)15(19)13(12-20-23)21-7-9-22(10-8-21)16(24)14-4-3-11-26-14/h3-4,11-12H,1-2,5-10H2. The number of anilines is 1. The number of hydrogen-bond acceptors (Lipinski definition) is 5. The Hall–Kier alpha value is -1.80. The van der Waals surface area contributed by atoms with E-state index in [1.165, 1.54) is 10.9 Å². The molecule has 0 aromatic carbocycles. The van der Waals surface area contributed by atoms with Crippen molar-refractivity contribution in [3.63, 3.8) is 0 Å². The fraction of sp³-hybridized carbons (Fsp3) is 0.471. The van der Waals surface area contributed by atoms with E-state index in [-0.39, 0.29) is 16.5 Å². The topological polar surface area (TPSA) is 71.6 Å². The van der Waals surface area contributed by atoms with Crippen molar-refractivity contribution in [2.24, 2.45) is 0 Å². The van der Waals surface area contributed by atoms with Crippen LogP contribution in [0.4, 0.5) is 5.69 Å². The molecule has 0 bridgehead atoms. The normalized spacial score (nSPS) is 14.7. The second-order valence-corrected chi connectivity index (χ2v) is 7.20. The molecule has 3 heterocycles. The molecule has 140 valence electrons. The summed E-state index contributed by atoms with van der Waals surface area (Å²) in [7, 11) is 0. The molecule has 0 atom stereocenters. The second-order valence-electron chi connectivity index (χ2n) is 6.02. The molecule has 0 spiro atoms. The lowest BCUT2D eigenvalue weighted by Gasteiger charge is -2.35. The zero-order valence-electron chi connectivity index (χ0n) is 14.2. The van der Waals surface area contributed by atoms with Crippen LogP contribution in [-0.4, -0.2) is 52.1 Å². The molecule has 0 radical (unpaired) electrons. The highest BCUT2D eigenvalue weighted by Gasteiger charge is 2.25. The van der Waals surface area contributed by atoms with Crippen molar-refractivity contribution in [2.45, 2.75) is 19.4 Å². The summed E-state index contributed by atoms with van der Waals surface area (Å²) in [6.45, 7) is 2.78. The van der Waals surface area contributed by atoms with Crippen molar-refractivity contribution in [2.75, 3.05) is 36.4 Å². The number of carbonyl (C=O) groups is 1. The molecule has 0 aliphatic carbocycles. The number of carbonyl (C=O) groups excluding carboxylic acids is 1. The van der Waals surface area contributed by atoms with Crippen molar-refractivity contribution in [1.29, 1.82) is 0 Å². The van der Waals surface area contributed by atoms with E-state index in [4.69, 9.17) is 16.0 Å². The first-order valence-electron chi connectivity index (χ1n) is 8.51. The number of alkyl halides is 1. The minimum atomic E-state index is -0.271. The van der Waals surface area contributed by atoms with Crippen LogP contribution in [0.3, 0.4) is 0 Å². The molecule has 9 heteroatoms. The molecule has 2 aromatic rings. The summed E-state index contributed by atoms with van der Waals surface area (Å²) >= 11 is 9.68. The van der Waals surface area contributed by atoms with Crippen LogP contribution < -0.4 is 10.5 Å². The third-order valence-corrected chi connectivity index (χ3v) is 5.28. The third kappa shape index (κ3) is 4.12. The quantitative estimate of drug-likeness (QED) is 0.507. The van der Waals surface area contributed by atoms with Crippen LogP contribution in [0.15, 0.2) is 33.8 Å². The van der Waals surface area contributed by atoms with Gasteiger partial charge in [0.25, 0.3) is 11.5 Å². The average Bonchev–Trinajstić information content (AvgIpc) is 3.20. The Morgan fingerprint density at radius 3 is 2.69 bits per heavy atom. The van der Waals surface area contributed by atoms with E-state index in [2.05, 4.69) is 21.0 Å². The first-order valence-corrected chi connectivity index (χ1v) is 10.0. The number of nitrogens with zero attached hydrogens (tertiary/aromatic N) is 4. The zero-order chi connectivity index (χ0) is 18.5. The molecule has 1 fully saturated rings. The molecule has 7 nitrogen and oxygen atoms in total. The first kappa shape index (κ1) is 19.0. The summed E-state index contributed by atoms with van der Waals surface area (Å²) in [6.07, 6.45) is 4.96. The highest BCUT2D eigenvalue weighted by Crippen LogP contribution is 2.23. The summed E-state index contributed by atoms with van der Waals surface area (Å²) in [5, 5.41) is 5.33. The van der Waals surface area contributed by atoms with Gasteiger partial charge in [0, 0.05) is 38.1 Å². The van der Waals surface area contributed by atoms with Crippen LogP contribution in [0.5, 0.6) is 0 Å². The highest BCUT2D eigenvalue weighted by atomic mass is 79.9. The lowest BCUT2D eigenvalue weighted by molar-refractivity contribution is 0.0714. The number of hydrogen-bond donors (Lipinski definition) is 0. The van der Waals surface area contributed by atoms with E-state index >= 15 is 0 Å². The van der Waals surface area contributed by atoms with Gasteiger partial charge in [0.05, 0.1) is 18.1 Å². The molecule has 1 saturated heterocycles. The minimum Gasteiger partial charge on any atom is -0.459 e. The van der Waals surface area contributed by atoms with Crippen LogP contribution in [0, 0.1) is 0 Å². The summed E-state index contributed by atoms with van der Waals surface area (Å²) < 4.78 is 6.57. The second kappa shape index (κ2) is 8.73. The molecule has 26 heavy (non-hydrogen) atoms. The van der Waals surface area contributed by atoms with Crippen molar-refractivity contribution in [3.8, 4) is 0 Å². The lowest BCUT2D eigenvalue weighted by Crippen LogP contribution is -2.49. The van der Waals surface area contributed by atoms with E-state index in [1.54, 1.807) is 23.2 Å². The number of piperazine rings is 1. The summed E-state index contributed by atoms with van der Waals surface area (Å²) in [6, 6.07) is 3.35. The van der Waals surface area contributed by atoms with Gasteiger partial charge in [-0.25, -0.2) is 4.68 Å². The maximum absolute atomic E-state index is 12.4. The molecule has 3 rings (SSSR count). The molecular weight excluding hydrogens is 424 g/mol. The van der Waals surface area contributed by atoms with Crippen LogP contribution in [0.1, 0.15) is 23.4 Å². The maximum Gasteiger partial charge on any atom is 0.289 e. The average molecular weight is 444 g/mol. The molecule has 0 unspecified atom stereocenters. The smallest absolute Gasteiger partial charge is 0.289 e. The first-order chi connectivity index (χ1) is 12.6. The number of halogens is 2. The summed E-state index contributed by atoms with van der Waals surface area (Å²) in [4.78, 5) is 28.4. The van der Waals surface area contributed by atoms with Gasteiger partial charge in [-0.2, -0.15) is 5.10 Å². The third-order valence-electron chi connectivity index (χ3n) is 4.36. The fourth-order valence-corrected chi connectivity index (χ4v) is 3.56. The molecular formula is C17H20BrClN4O3. The van der Waals surface area contributed by atoms with E-state index < -0.39 is 0 Å². The number of aryl methyl sites for hydroxylation is 1. The summed E-state index contributed by atoms with van der Waals surface area (Å²) in [5.41, 5.74) is 0.353. The van der Waals surface area contributed by atoms with Gasteiger partial charge in [0.15, 0.2) is 5.76 Å². The van der Waals surface area contributed by atoms with Gasteiger partial charge in [-0.05, 0) is 25.0 Å². The Labute approximate surface area is 164 Å². The van der Waals surface area contributed by atoms with Crippen molar-refractivity contribution >= 4 is 39.1 Å². The number of furan rings is 1. The fourth-order valence-electron chi connectivity index (χ4n) is 2.90. The van der Waals surface area contributed by atoms with Gasteiger partial charge in [-0.3, -0.25) is 9.59 Å². The number of unbranched alkanes of at least 4 members (excludes halogenated alkanes) is 1. The summed E-state index contributed by atoms with van der Waals surface area (Å²) in [5.74, 6) is 0.213. The van der Waals surface area contributed by atoms with Gasteiger partial charge in [0.2, 0.25) is 0 Å². The predicted octanol–water partition coefficient (Wildman–Crippen LogP) is 2.63. The van der Waals surface area contributed by atoms with E-state index in [9.17, 15) is 9.59 Å². The van der Waals surface area contributed by atoms with E-state index in [1.807, 2.05) is 4.90 Å².